The second-order valence-corrected chi connectivity index (χ2v) is 7.69. The van der Waals surface area contributed by atoms with E-state index < -0.39 is 0 Å². The maximum atomic E-state index is 11.1. The van der Waals surface area contributed by atoms with Crippen molar-refractivity contribution in [2.45, 2.75) is 38.1 Å². The summed E-state index contributed by atoms with van der Waals surface area (Å²) >= 11 is 5.89. The maximum Gasteiger partial charge on any atom is 0.153 e. The number of pyridine rings is 2. The lowest BCUT2D eigenvalue weighted by atomic mass is 9.95. The Morgan fingerprint density at radius 1 is 0.900 bits per heavy atom. The van der Waals surface area contributed by atoms with Crippen molar-refractivity contribution in [3.63, 3.8) is 0 Å². The smallest absolute Gasteiger partial charge is 0.153 e. The molecular formula is C22H22ClN5O2. The Morgan fingerprint density at radius 3 is 2.17 bits per heavy atom. The molecule has 0 aromatic carbocycles. The highest BCUT2D eigenvalue weighted by Crippen LogP contribution is 2.28. The van der Waals surface area contributed by atoms with Crippen LogP contribution in [0.4, 0.5) is 5.69 Å². The van der Waals surface area contributed by atoms with E-state index in [9.17, 15) is 9.59 Å². The molecule has 0 spiro atoms. The number of carbonyl (C=O) groups is 2. The van der Waals surface area contributed by atoms with E-state index in [1.165, 1.54) is 38.3 Å². The molecule has 1 aliphatic rings. The first kappa shape index (κ1) is 20.1. The summed E-state index contributed by atoms with van der Waals surface area (Å²) < 4.78 is 0. The summed E-state index contributed by atoms with van der Waals surface area (Å²) in [5, 5.41) is 5.78. The number of H-pyrrole nitrogens is 2. The molecule has 0 unspecified atom stereocenters. The van der Waals surface area contributed by atoms with Gasteiger partial charge >= 0.3 is 0 Å². The molecule has 8 heteroatoms. The Morgan fingerprint density at radius 2 is 1.50 bits per heavy atom. The summed E-state index contributed by atoms with van der Waals surface area (Å²) in [7, 11) is 0. The van der Waals surface area contributed by atoms with Gasteiger partial charge in [0, 0.05) is 41.6 Å². The maximum absolute atomic E-state index is 11.1. The number of hydrogen-bond donors (Lipinski definition) is 3. The minimum atomic E-state index is 0.420. The SMILES string of the molecule is O=Cc1cnc2[nH]ccc2c1Cl.O=Cc1cnc2[nH]ccc2c1NC1CCCCC1. The monoisotopic (exact) mass is 423 g/mol. The highest BCUT2D eigenvalue weighted by molar-refractivity contribution is 6.37. The summed E-state index contributed by atoms with van der Waals surface area (Å²) in [6.07, 6.45) is 14.5. The predicted molar refractivity (Wildman–Crippen MR) is 118 cm³/mol. The number of aldehydes is 2. The van der Waals surface area contributed by atoms with Crippen LogP contribution in [-0.4, -0.2) is 38.6 Å². The Bertz CT molecular complexity index is 1180. The van der Waals surface area contributed by atoms with Crippen LogP contribution in [0.5, 0.6) is 0 Å². The third kappa shape index (κ3) is 4.07. The number of nitrogens with one attached hydrogen (secondary N) is 3. The van der Waals surface area contributed by atoms with Gasteiger partial charge in [-0.15, -0.1) is 0 Å². The minimum Gasteiger partial charge on any atom is -0.381 e. The first-order valence-corrected chi connectivity index (χ1v) is 10.3. The van der Waals surface area contributed by atoms with E-state index in [2.05, 4.69) is 25.3 Å². The first-order chi connectivity index (χ1) is 14.7. The number of hydrogen-bond acceptors (Lipinski definition) is 5. The third-order valence-corrected chi connectivity index (χ3v) is 5.79. The van der Waals surface area contributed by atoms with E-state index in [-0.39, 0.29) is 0 Å². The molecule has 4 heterocycles. The average molecular weight is 424 g/mol. The number of fused-ring (bicyclic) bond motifs is 2. The number of nitrogens with zero attached hydrogens (tertiary/aromatic N) is 2. The fourth-order valence-electron chi connectivity index (χ4n) is 3.80. The van der Waals surface area contributed by atoms with E-state index in [1.54, 1.807) is 18.5 Å². The minimum absolute atomic E-state index is 0.420. The first-order valence-electron chi connectivity index (χ1n) is 9.96. The Labute approximate surface area is 178 Å². The number of halogens is 1. The Hall–Kier alpha value is -3.19. The van der Waals surface area contributed by atoms with Crippen LogP contribution in [-0.2, 0) is 0 Å². The highest BCUT2D eigenvalue weighted by atomic mass is 35.5. The van der Waals surface area contributed by atoms with Crippen LogP contribution < -0.4 is 5.32 Å². The van der Waals surface area contributed by atoms with Gasteiger partial charge < -0.3 is 15.3 Å². The van der Waals surface area contributed by atoms with E-state index in [0.717, 1.165) is 28.4 Å². The Kier molecular flexibility index (Phi) is 6.09. The number of aromatic nitrogens is 4. The van der Waals surface area contributed by atoms with Crippen LogP contribution in [0.2, 0.25) is 5.02 Å². The molecule has 7 nitrogen and oxygen atoms in total. The molecule has 0 amide bonds. The van der Waals surface area contributed by atoms with Crippen LogP contribution in [0.1, 0.15) is 52.8 Å². The summed E-state index contributed by atoms with van der Waals surface area (Å²) in [5.74, 6) is 0. The molecule has 0 radical (unpaired) electrons. The standard InChI is InChI=1S/C14H17N3O.C8H5ClN2O/c18-9-10-8-16-14-12(6-7-15-14)13(10)17-11-4-2-1-3-5-11;9-7-5(4-12)3-11-8-6(7)1-2-10-8/h6-9,11H,1-5H2,(H2,15,16,17);1-4H,(H,10,11). The predicted octanol–water partition coefficient (Wildman–Crippen LogP) is 5.15. The van der Waals surface area contributed by atoms with Crippen LogP contribution in [0, 0.1) is 0 Å². The second-order valence-electron chi connectivity index (χ2n) is 7.31. The van der Waals surface area contributed by atoms with Crippen LogP contribution in [0.3, 0.4) is 0 Å². The topological polar surface area (TPSA) is 104 Å². The zero-order chi connectivity index (χ0) is 20.9. The largest absolute Gasteiger partial charge is 0.381 e. The van der Waals surface area contributed by atoms with Gasteiger partial charge in [-0.2, -0.15) is 0 Å². The number of carbonyl (C=O) groups excluding carboxylic acids is 2. The molecule has 1 aliphatic carbocycles. The third-order valence-electron chi connectivity index (χ3n) is 5.37. The quantitative estimate of drug-likeness (QED) is 0.394. The van der Waals surface area contributed by atoms with Gasteiger partial charge in [0.1, 0.15) is 11.3 Å². The number of aromatic amines is 2. The molecule has 0 aliphatic heterocycles. The van der Waals surface area contributed by atoms with Crippen molar-refractivity contribution >= 4 is 51.9 Å². The van der Waals surface area contributed by atoms with E-state index in [4.69, 9.17) is 11.6 Å². The molecule has 0 atom stereocenters. The van der Waals surface area contributed by atoms with Crippen molar-refractivity contribution in [2.75, 3.05) is 5.32 Å². The second kappa shape index (κ2) is 9.09. The van der Waals surface area contributed by atoms with Crippen molar-refractivity contribution in [3.05, 3.63) is 53.1 Å². The van der Waals surface area contributed by atoms with Crippen LogP contribution >= 0.6 is 11.6 Å². The van der Waals surface area contributed by atoms with Crippen molar-refractivity contribution < 1.29 is 9.59 Å². The van der Waals surface area contributed by atoms with E-state index >= 15 is 0 Å². The summed E-state index contributed by atoms with van der Waals surface area (Å²) in [5.41, 5.74) is 3.53. The van der Waals surface area contributed by atoms with E-state index in [1.807, 2.05) is 12.3 Å². The molecular weight excluding hydrogens is 402 g/mol. The molecule has 1 saturated carbocycles. The van der Waals surface area contributed by atoms with Gasteiger partial charge in [0.15, 0.2) is 12.6 Å². The summed E-state index contributed by atoms with van der Waals surface area (Å²) in [4.78, 5) is 35.8. The van der Waals surface area contributed by atoms with Crippen molar-refractivity contribution in [3.8, 4) is 0 Å². The van der Waals surface area contributed by atoms with Crippen LogP contribution in [0.15, 0.2) is 36.9 Å². The van der Waals surface area contributed by atoms with E-state index in [0.29, 0.717) is 34.1 Å². The highest BCUT2D eigenvalue weighted by Gasteiger charge is 2.16. The molecule has 1 fully saturated rings. The molecule has 3 N–H and O–H groups in total. The molecule has 4 aromatic heterocycles. The molecule has 4 aromatic rings. The van der Waals surface area contributed by atoms with Crippen molar-refractivity contribution in [1.82, 2.24) is 19.9 Å². The van der Waals surface area contributed by atoms with Gasteiger partial charge in [0.2, 0.25) is 0 Å². The fourth-order valence-corrected chi connectivity index (χ4v) is 4.04. The molecule has 5 rings (SSSR count). The van der Waals surface area contributed by atoms with Gasteiger partial charge in [0.05, 0.1) is 21.8 Å². The van der Waals surface area contributed by atoms with Gasteiger partial charge in [0.25, 0.3) is 0 Å². The van der Waals surface area contributed by atoms with Crippen LogP contribution in [0.25, 0.3) is 22.1 Å². The lowest BCUT2D eigenvalue weighted by Crippen LogP contribution is -2.23. The number of rotatable bonds is 4. The van der Waals surface area contributed by atoms with Crippen molar-refractivity contribution in [2.24, 2.45) is 0 Å². The van der Waals surface area contributed by atoms with Crippen molar-refractivity contribution in [1.29, 1.82) is 0 Å². The summed E-state index contributed by atoms with van der Waals surface area (Å²) in [6.45, 7) is 0. The molecule has 154 valence electrons. The molecule has 0 bridgehead atoms. The number of anilines is 1. The average Bonchev–Trinajstić information content (AvgIpc) is 3.45. The van der Waals surface area contributed by atoms with Gasteiger partial charge in [-0.3, -0.25) is 9.59 Å². The lowest BCUT2D eigenvalue weighted by molar-refractivity contribution is 0.111. The lowest BCUT2D eigenvalue weighted by Gasteiger charge is -2.24. The zero-order valence-corrected chi connectivity index (χ0v) is 17.1. The van der Waals surface area contributed by atoms with Gasteiger partial charge in [-0.05, 0) is 25.0 Å². The Balaban J connectivity index is 0.000000158. The summed E-state index contributed by atoms with van der Waals surface area (Å²) in [6, 6.07) is 4.25. The normalized spacial score (nSPS) is 14.3. The van der Waals surface area contributed by atoms with Gasteiger partial charge in [-0.25, -0.2) is 9.97 Å². The fraction of sp³-hybridized carbons (Fsp3) is 0.273. The van der Waals surface area contributed by atoms with Gasteiger partial charge in [-0.1, -0.05) is 30.9 Å². The molecule has 0 saturated heterocycles. The zero-order valence-electron chi connectivity index (χ0n) is 16.3. The molecule has 30 heavy (non-hydrogen) atoms.